The number of hydrogen-bond donors (Lipinski definition) is 1. The third-order valence-electron chi connectivity index (χ3n) is 4.60. The van der Waals surface area contributed by atoms with Gasteiger partial charge in [-0.1, -0.05) is 13.3 Å². The zero-order valence-electron chi connectivity index (χ0n) is 13.5. The molecule has 0 aromatic heterocycles. The second-order valence-electron chi connectivity index (χ2n) is 5.96. The van der Waals surface area contributed by atoms with Crippen LogP contribution in [0.15, 0.2) is 12.1 Å². The maximum absolute atomic E-state index is 11.3. The quantitative estimate of drug-likeness (QED) is 0.646. The Bertz CT molecular complexity index is 533. The van der Waals surface area contributed by atoms with E-state index in [4.69, 9.17) is 9.47 Å². The van der Waals surface area contributed by atoms with Gasteiger partial charge < -0.3 is 14.8 Å². The molecule has 2 atom stereocenters. The summed E-state index contributed by atoms with van der Waals surface area (Å²) in [5.41, 5.74) is 0.776. The van der Waals surface area contributed by atoms with Crippen molar-refractivity contribution in [2.24, 2.45) is 5.92 Å². The van der Waals surface area contributed by atoms with Gasteiger partial charge in [0.15, 0.2) is 11.5 Å². The lowest BCUT2D eigenvalue weighted by molar-refractivity contribution is -0.712. The van der Waals surface area contributed by atoms with Gasteiger partial charge >= 0.3 is 0 Å². The molecular formula is C16H25N2O4+. The van der Waals surface area contributed by atoms with Gasteiger partial charge in [-0.15, -0.1) is 0 Å². The normalized spacial score (nSPS) is 21.4. The number of nitro groups is 1. The van der Waals surface area contributed by atoms with Gasteiger partial charge in [0.1, 0.15) is 6.54 Å². The van der Waals surface area contributed by atoms with Crippen molar-refractivity contribution in [3.63, 3.8) is 0 Å². The fourth-order valence-electron chi connectivity index (χ4n) is 3.22. The summed E-state index contributed by atoms with van der Waals surface area (Å²) in [6.45, 7) is 2.86. The van der Waals surface area contributed by atoms with Crippen molar-refractivity contribution >= 4 is 5.69 Å². The predicted molar refractivity (Wildman–Crippen MR) is 83.2 cm³/mol. The molecule has 2 N–H and O–H groups in total. The molecule has 0 saturated heterocycles. The molecular weight excluding hydrogens is 284 g/mol. The molecule has 1 aromatic carbocycles. The molecule has 0 spiro atoms. The van der Waals surface area contributed by atoms with E-state index < -0.39 is 0 Å². The number of nitrogens with zero attached hydrogens (tertiary/aromatic N) is 1. The number of benzene rings is 1. The summed E-state index contributed by atoms with van der Waals surface area (Å²) in [6, 6.07) is 3.72. The molecule has 1 saturated carbocycles. The van der Waals surface area contributed by atoms with Crippen LogP contribution in [0.25, 0.3) is 0 Å². The first kappa shape index (κ1) is 16.5. The van der Waals surface area contributed by atoms with E-state index >= 15 is 0 Å². The predicted octanol–water partition coefficient (Wildman–Crippen LogP) is 2.25. The van der Waals surface area contributed by atoms with Crippen LogP contribution in [0.1, 0.15) is 38.2 Å². The Balaban J connectivity index is 2.19. The average molecular weight is 309 g/mol. The molecule has 22 heavy (non-hydrogen) atoms. The average Bonchev–Trinajstić information content (AvgIpc) is 2.53. The molecule has 6 heteroatoms. The van der Waals surface area contributed by atoms with Gasteiger partial charge in [0.2, 0.25) is 0 Å². The molecule has 2 rings (SSSR count). The van der Waals surface area contributed by atoms with E-state index in [1.807, 2.05) is 0 Å². The minimum Gasteiger partial charge on any atom is -0.493 e. The second-order valence-corrected chi connectivity index (χ2v) is 5.96. The van der Waals surface area contributed by atoms with E-state index in [-0.39, 0.29) is 10.6 Å². The lowest BCUT2D eigenvalue weighted by Crippen LogP contribution is -2.90. The van der Waals surface area contributed by atoms with E-state index in [9.17, 15) is 10.1 Å². The van der Waals surface area contributed by atoms with E-state index in [1.165, 1.54) is 38.9 Å². The summed E-state index contributed by atoms with van der Waals surface area (Å²) < 4.78 is 10.4. The van der Waals surface area contributed by atoms with Crippen molar-refractivity contribution in [2.45, 2.75) is 45.2 Å². The Labute approximate surface area is 131 Å². The Morgan fingerprint density at radius 2 is 1.86 bits per heavy atom. The van der Waals surface area contributed by atoms with Crippen molar-refractivity contribution in [1.82, 2.24) is 0 Å². The molecule has 0 unspecified atom stereocenters. The van der Waals surface area contributed by atoms with Gasteiger partial charge in [0.25, 0.3) is 5.69 Å². The maximum Gasteiger partial charge on any atom is 0.282 e. The molecule has 1 aromatic rings. The van der Waals surface area contributed by atoms with E-state index in [0.717, 1.165) is 0 Å². The molecule has 0 amide bonds. The highest BCUT2D eigenvalue weighted by molar-refractivity contribution is 5.53. The van der Waals surface area contributed by atoms with Gasteiger partial charge in [0, 0.05) is 5.92 Å². The number of hydrogen-bond acceptors (Lipinski definition) is 4. The smallest absolute Gasteiger partial charge is 0.282 e. The number of rotatable bonds is 6. The van der Waals surface area contributed by atoms with Crippen LogP contribution in [0, 0.1) is 16.0 Å². The molecule has 0 aliphatic heterocycles. The van der Waals surface area contributed by atoms with Gasteiger partial charge in [-0.05, 0) is 25.3 Å². The molecule has 0 heterocycles. The SMILES string of the molecule is COc1cc(C[NH2+][C@H]2CCCC[C@H]2C)c([N+](=O)[O-])cc1OC. The third kappa shape index (κ3) is 3.68. The summed E-state index contributed by atoms with van der Waals surface area (Å²) in [5.74, 6) is 1.59. The van der Waals surface area contributed by atoms with Crippen molar-refractivity contribution in [1.29, 1.82) is 0 Å². The van der Waals surface area contributed by atoms with Gasteiger partial charge in [0.05, 0.1) is 36.8 Å². The minimum absolute atomic E-state index is 0.0948. The number of ether oxygens (including phenoxy) is 2. The summed E-state index contributed by atoms with van der Waals surface area (Å²) in [7, 11) is 3.03. The van der Waals surface area contributed by atoms with Crippen LogP contribution in [0.3, 0.4) is 0 Å². The largest absolute Gasteiger partial charge is 0.493 e. The van der Waals surface area contributed by atoms with Gasteiger partial charge in [-0.25, -0.2) is 0 Å². The molecule has 0 radical (unpaired) electrons. The highest BCUT2D eigenvalue weighted by Crippen LogP contribution is 2.34. The maximum atomic E-state index is 11.3. The first-order chi connectivity index (χ1) is 10.6. The molecule has 122 valence electrons. The summed E-state index contributed by atoms with van der Waals surface area (Å²) in [5, 5.41) is 13.5. The fraction of sp³-hybridized carbons (Fsp3) is 0.625. The van der Waals surface area contributed by atoms with Crippen molar-refractivity contribution in [2.75, 3.05) is 14.2 Å². The van der Waals surface area contributed by atoms with Crippen molar-refractivity contribution in [3.8, 4) is 11.5 Å². The molecule has 1 fully saturated rings. The number of quaternary nitrogens is 1. The summed E-state index contributed by atoms with van der Waals surface area (Å²) >= 11 is 0. The standard InChI is InChI=1S/C16H24N2O4/c1-11-6-4-5-7-13(11)17-10-12-8-15(21-2)16(22-3)9-14(12)18(19)20/h8-9,11,13,17H,4-7,10H2,1-3H3/p+1/t11-,13+/m1/s1. The molecule has 0 bridgehead atoms. The van der Waals surface area contributed by atoms with Crippen LogP contribution in [0.4, 0.5) is 5.69 Å². The van der Waals surface area contributed by atoms with Gasteiger partial charge in [-0.3, -0.25) is 10.1 Å². The van der Waals surface area contributed by atoms with Crippen LogP contribution in [-0.2, 0) is 6.54 Å². The monoisotopic (exact) mass is 309 g/mol. The summed E-state index contributed by atoms with van der Waals surface area (Å²) in [4.78, 5) is 10.9. The van der Waals surface area contributed by atoms with Crippen LogP contribution in [-0.4, -0.2) is 25.2 Å². The Morgan fingerprint density at radius 3 is 2.45 bits per heavy atom. The fourth-order valence-corrected chi connectivity index (χ4v) is 3.22. The first-order valence-corrected chi connectivity index (χ1v) is 7.79. The highest BCUT2D eigenvalue weighted by Gasteiger charge is 2.26. The van der Waals surface area contributed by atoms with Crippen molar-refractivity contribution < 1.29 is 19.7 Å². The van der Waals surface area contributed by atoms with E-state index in [1.54, 1.807) is 13.2 Å². The molecule has 1 aliphatic rings. The number of methoxy groups -OCH3 is 2. The summed E-state index contributed by atoms with van der Waals surface area (Å²) in [6.07, 6.45) is 4.97. The van der Waals surface area contributed by atoms with Crippen LogP contribution < -0.4 is 14.8 Å². The van der Waals surface area contributed by atoms with Gasteiger partial charge in [-0.2, -0.15) is 0 Å². The van der Waals surface area contributed by atoms with Crippen molar-refractivity contribution in [3.05, 3.63) is 27.8 Å². The van der Waals surface area contributed by atoms with E-state index in [2.05, 4.69) is 12.2 Å². The minimum atomic E-state index is -0.352. The van der Waals surface area contributed by atoms with Crippen LogP contribution >= 0.6 is 0 Å². The number of nitrogens with two attached hydrogens (primary N) is 1. The first-order valence-electron chi connectivity index (χ1n) is 7.79. The third-order valence-corrected chi connectivity index (χ3v) is 4.60. The lowest BCUT2D eigenvalue weighted by Gasteiger charge is -2.26. The zero-order valence-corrected chi connectivity index (χ0v) is 13.5. The highest BCUT2D eigenvalue weighted by atomic mass is 16.6. The van der Waals surface area contributed by atoms with E-state index in [0.29, 0.717) is 35.6 Å². The molecule has 1 aliphatic carbocycles. The Hall–Kier alpha value is -1.82. The lowest BCUT2D eigenvalue weighted by atomic mass is 9.86. The van der Waals surface area contributed by atoms with Crippen LogP contribution in [0.2, 0.25) is 0 Å². The Kier molecular flexibility index (Phi) is 5.60. The molecule has 6 nitrogen and oxygen atoms in total. The second kappa shape index (κ2) is 7.45. The number of nitro benzene ring substituents is 1. The topological polar surface area (TPSA) is 78.2 Å². The zero-order chi connectivity index (χ0) is 16.1. The Morgan fingerprint density at radius 1 is 1.23 bits per heavy atom. The van der Waals surface area contributed by atoms with Crippen LogP contribution in [0.5, 0.6) is 11.5 Å².